The number of carbonyl (C=O) groups is 4. The number of nitrogens with zero attached hydrogens (tertiary/aromatic N) is 4. The van der Waals surface area contributed by atoms with Crippen LogP contribution < -0.4 is 21.3 Å². The number of aryl methyl sites for hydroxylation is 1. The van der Waals surface area contributed by atoms with Crippen LogP contribution in [0.15, 0.2) is 60.9 Å². The molecule has 218 valence electrons. The maximum atomic E-state index is 13.4. The minimum absolute atomic E-state index is 0.116. The fourth-order valence-electron chi connectivity index (χ4n) is 4.64. The van der Waals surface area contributed by atoms with Gasteiger partial charge in [-0.1, -0.05) is 30.3 Å². The van der Waals surface area contributed by atoms with Crippen molar-refractivity contribution < 1.29 is 19.2 Å². The average molecular weight is 571 g/mol. The lowest BCUT2D eigenvalue weighted by atomic mass is 10.0. The van der Waals surface area contributed by atoms with Crippen molar-refractivity contribution in [2.45, 2.75) is 25.3 Å². The molecule has 2 aromatic heterocycles. The SMILES string of the molecule is Cn1cc(C#N)cc1C(=O)N1CCCC(=O)NCCNc2ccnc(c2)C(=O)N[C@@H](Cc2ccccc2)C(=O)NCC1. The number of nitriles is 1. The molecule has 3 heterocycles. The van der Waals surface area contributed by atoms with E-state index in [1.54, 1.807) is 34.8 Å². The molecular formula is C30H34N8O4. The molecule has 12 heteroatoms. The highest BCUT2D eigenvalue weighted by atomic mass is 16.2. The lowest BCUT2D eigenvalue weighted by Crippen LogP contribution is -2.50. The van der Waals surface area contributed by atoms with Crippen molar-refractivity contribution in [1.29, 1.82) is 5.26 Å². The van der Waals surface area contributed by atoms with Crippen LogP contribution in [0, 0.1) is 11.3 Å². The van der Waals surface area contributed by atoms with E-state index >= 15 is 0 Å². The monoisotopic (exact) mass is 570 g/mol. The number of hydrogen-bond donors (Lipinski definition) is 4. The Balaban J connectivity index is 1.55. The third-order valence-corrected chi connectivity index (χ3v) is 6.83. The van der Waals surface area contributed by atoms with Gasteiger partial charge in [-0.2, -0.15) is 5.26 Å². The van der Waals surface area contributed by atoms with Crippen LogP contribution in [0.5, 0.6) is 0 Å². The molecular weight excluding hydrogens is 536 g/mol. The molecule has 1 atom stereocenters. The molecule has 0 unspecified atom stereocenters. The van der Waals surface area contributed by atoms with E-state index in [2.05, 4.69) is 26.3 Å². The summed E-state index contributed by atoms with van der Waals surface area (Å²) >= 11 is 0. The number of amides is 4. The van der Waals surface area contributed by atoms with Crippen molar-refractivity contribution in [3.63, 3.8) is 0 Å². The first-order valence-electron chi connectivity index (χ1n) is 13.8. The van der Waals surface area contributed by atoms with Gasteiger partial charge >= 0.3 is 0 Å². The minimum Gasteiger partial charge on any atom is -0.383 e. The van der Waals surface area contributed by atoms with Crippen LogP contribution in [-0.4, -0.2) is 76.8 Å². The molecule has 1 aliphatic rings. The van der Waals surface area contributed by atoms with Crippen molar-refractivity contribution in [2.24, 2.45) is 7.05 Å². The zero-order valence-corrected chi connectivity index (χ0v) is 23.4. The van der Waals surface area contributed by atoms with Gasteiger partial charge in [0.2, 0.25) is 11.8 Å². The highest BCUT2D eigenvalue weighted by Crippen LogP contribution is 2.12. The van der Waals surface area contributed by atoms with Crippen molar-refractivity contribution in [2.75, 3.05) is 38.0 Å². The quantitative estimate of drug-likeness (QED) is 0.368. The van der Waals surface area contributed by atoms with Crippen LogP contribution in [0.1, 0.15) is 44.9 Å². The summed E-state index contributed by atoms with van der Waals surface area (Å²) in [5.74, 6) is -1.38. The number of rotatable bonds is 3. The third-order valence-electron chi connectivity index (χ3n) is 6.83. The molecule has 0 fully saturated rings. The van der Waals surface area contributed by atoms with Crippen LogP contribution in [0.2, 0.25) is 0 Å². The molecule has 1 aliphatic heterocycles. The van der Waals surface area contributed by atoms with E-state index in [0.29, 0.717) is 36.5 Å². The number of nitrogens with one attached hydrogen (secondary N) is 4. The van der Waals surface area contributed by atoms with Crippen LogP contribution in [0.3, 0.4) is 0 Å². The van der Waals surface area contributed by atoms with Crippen LogP contribution in [0.4, 0.5) is 5.69 Å². The number of hydrogen-bond acceptors (Lipinski definition) is 7. The molecule has 0 saturated carbocycles. The molecule has 4 rings (SSSR count). The molecule has 12 nitrogen and oxygen atoms in total. The number of pyridine rings is 1. The second-order valence-electron chi connectivity index (χ2n) is 9.95. The molecule has 0 radical (unpaired) electrons. The minimum atomic E-state index is -0.891. The van der Waals surface area contributed by atoms with Crippen LogP contribution in [-0.2, 0) is 23.1 Å². The first-order valence-corrected chi connectivity index (χ1v) is 13.8. The van der Waals surface area contributed by atoms with Crippen molar-refractivity contribution in [3.8, 4) is 6.07 Å². The van der Waals surface area contributed by atoms with Crippen molar-refractivity contribution in [3.05, 3.63) is 83.4 Å². The van der Waals surface area contributed by atoms with Gasteiger partial charge in [0, 0.05) is 70.7 Å². The summed E-state index contributed by atoms with van der Waals surface area (Å²) < 4.78 is 1.59. The topological polar surface area (TPSA) is 161 Å². The summed E-state index contributed by atoms with van der Waals surface area (Å²) in [5, 5.41) is 20.9. The molecule has 0 aliphatic carbocycles. The van der Waals surface area contributed by atoms with Gasteiger partial charge in [-0.15, -0.1) is 0 Å². The Morgan fingerprint density at radius 2 is 1.81 bits per heavy atom. The van der Waals surface area contributed by atoms with Gasteiger partial charge in [0.05, 0.1) is 5.56 Å². The van der Waals surface area contributed by atoms with E-state index in [-0.39, 0.29) is 50.0 Å². The predicted molar refractivity (Wildman–Crippen MR) is 155 cm³/mol. The highest BCUT2D eigenvalue weighted by Gasteiger charge is 2.24. The van der Waals surface area contributed by atoms with E-state index in [9.17, 15) is 24.4 Å². The van der Waals surface area contributed by atoms with Gasteiger partial charge < -0.3 is 30.7 Å². The maximum absolute atomic E-state index is 13.4. The van der Waals surface area contributed by atoms with E-state index in [0.717, 1.165) is 5.56 Å². The lowest BCUT2D eigenvalue weighted by molar-refractivity contribution is -0.123. The number of benzene rings is 1. The normalized spacial score (nSPS) is 17.3. The third kappa shape index (κ3) is 8.17. The molecule has 4 amide bonds. The van der Waals surface area contributed by atoms with Gasteiger partial charge in [-0.25, -0.2) is 0 Å². The molecule has 4 N–H and O–H groups in total. The Bertz CT molecular complexity index is 1460. The largest absolute Gasteiger partial charge is 0.383 e. The number of anilines is 1. The molecule has 3 aromatic rings. The van der Waals surface area contributed by atoms with Gasteiger partial charge in [0.1, 0.15) is 23.5 Å². The number of carbonyl (C=O) groups excluding carboxylic acids is 4. The Hall–Kier alpha value is -5.18. The summed E-state index contributed by atoms with van der Waals surface area (Å²) in [6.45, 7) is 1.34. The standard InChI is InChI=1S/C30H34N8O4/c1-37-20-22(19-31)17-26(37)30(42)38-14-5-8-27(39)34-12-11-32-23-9-10-33-24(18-23)29(41)36-25(28(40)35-13-15-38)16-21-6-3-2-4-7-21/h2-4,6-7,9-10,17-18,20,25,32H,5,8,11-16H2,1H3,(H,34,39)(H,35,40)(H,36,41)/t25-/m0/s1. The van der Waals surface area contributed by atoms with E-state index < -0.39 is 17.9 Å². The van der Waals surface area contributed by atoms with Crippen LogP contribution >= 0.6 is 0 Å². The summed E-state index contributed by atoms with van der Waals surface area (Å²) in [5.41, 5.74) is 2.35. The van der Waals surface area contributed by atoms with Crippen molar-refractivity contribution in [1.82, 2.24) is 30.4 Å². The number of aromatic nitrogens is 2. The predicted octanol–water partition coefficient (Wildman–Crippen LogP) is 1.21. The van der Waals surface area contributed by atoms with Gasteiger partial charge in [0.25, 0.3) is 11.8 Å². The first-order chi connectivity index (χ1) is 20.3. The Morgan fingerprint density at radius 3 is 2.57 bits per heavy atom. The van der Waals surface area contributed by atoms with Gasteiger partial charge in [0.15, 0.2) is 0 Å². The first kappa shape index (κ1) is 29.8. The van der Waals surface area contributed by atoms with E-state index in [4.69, 9.17) is 0 Å². The van der Waals surface area contributed by atoms with Crippen LogP contribution in [0.25, 0.3) is 0 Å². The average Bonchev–Trinajstić information content (AvgIpc) is 3.38. The Labute approximate surface area is 244 Å². The second-order valence-corrected chi connectivity index (χ2v) is 9.95. The van der Waals surface area contributed by atoms with E-state index in [1.807, 2.05) is 36.4 Å². The zero-order valence-electron chi connectivity index (χ0n) is 23.4. The smallest absolute Gasteiger partial charge is 0.270 e. The second kappa shape index (κ2) is 14.5. The molecule has 42 heavy (non-hydrogen) atoms. The van der Waals surface area contributed by atoms with Gasteiger partial charge in [-0.3, -0.25) is 24.2 Å². The maximum Gasteiger partial charge on any atom is 0.270 e. The summed E-state index contributed by atoms with van der Waals surface area (Å²) in [6, 6.07) is 15.3. The Morgan fingerprint density at radius 1 is 1.02 bits per heavy atom. The lowest BCUT2D eigenvalue weighted by Gasteiger charge is -2.24. The molecule has 1 aromatic carbocycles. The fraction of sp³-hybridized carbons (Fsp3) is 0.333. The van der Waals surface area contributed by atoms with Crippen molar-refractivity contribution >= 4 is 29.3 Å². The number of fused-ring (bicyclic) bond motifs is 2. The molecule has 0 spiro atoms. The highest BCUT2D eigenvalue weighted by molar-refractivity contribution is 5.97. The van der Waals surface area contributed by atoms with Gasteiger partial charge in [-0.05, 0) is 30.2 Å². The summed E-state index contributed by atoms with van der Waals surface area (Å²) in [4.78, 5) is 58.1. The van der Waals surface area contributed by atoms with E-state index in [1.165, 1.54) is 12.3 Å². The molecule has 0 saturated heterocycles. The summed E-state index contributed by atoms with van der Waals surface area (Å²) in [7, 11) is 1.68. The zero-order chi connectivity index (χ0) is 29.9. The summed E-state index contributed by atoms with van der Waals surface area (Å²) in [6.07, 6.45) is 3.96. The molecule has 2 bridgehead atoms. The fourth-order valence-corrected chi connectivity index (χ4v) is 4.64. The Kier molecular flexibility index (Phi) is 10.3.